The fraction of sp³-hybridized carbons (Fsp3) is 0.128. The van der Waals surface area contributed by atoms with Crippen LogP contribution in [0.3, 0.4) is 0 Å². The topological polar surface area (TPSA) is 145 Å². The summed E-state index contributed by atoms with van der Waals surface area (Å²) in [4.78, 5) is 54.1. The zero-order valence-electron chi connectivity index (χ0n) is 26.8. The molecule has 12 heteroatoms. The molecule has 51 heavy (non-hydrogen) atoms. The molecule has 5 heterocycles. The Hall–Kier alpha value is -6.66. The molecule has 0 radical (unpaired) electrons. The van der Waals surface area contributed by atoms with Crippen LogP contribution in [0.5, 0.6) is 0 Å². The van der Waals surface area contributed by atoms with Crippen LogP contribution in [-0.2, 0) is 18.9 Å². The van der Waals surface area contributed by atoms with Crippen molar-refractivity contribution in [2.45, 2.75) is 24.5 Å². The van der Waals surface area contributed by atoms with Gasteiger partial charge in [-0.25, -0.2) is 24.4 Å². The summed E-state index contributed by atoms with van der Waals surface area (Å²) in [7, 11) is 0. The van der Waals surface area contributed by atoms with Gasteiger partial charge in [0.1, 0.15) is 24.7 Å². The minimum atomic E-state index is -1.25. The van der Waals surface area contributed by atoms with Crippen LogP contribution < -0.4 is 0 Å². The highest BCUT2D eigenvalue weighted by Gasteiger charge is 2.52. The number of carbonyl (C=O) groups is 3. The molecule has 0 unspecified atom stereocenters. The lowest BCUT2D eigenvalue weighted by Gasteiger charge is -2.25. The molecule has 0 saturated carbocycles. The normalized spacial score (nSPS) is 18.4. The maximum absolute atomic E-state index is 13.8. The summed E-state index contributed by atoms with van der Waals surface area (Å²) in [6, 6.07) is 28.9. The number of hydrogen-bond donors (Lipinski definition) is 0. The first kappa shape index (κ1) is 31.6. The first-order valence-corrected chi connectivity index (χ1v) is 16.1. The molecule has 1 aliphatic heterocycles. The molecule has 1 fully saturated rings. The number of pyridine rings is 1. The average molecular weight is 681 g/mol. The molecule has 0 aliphatic carbocycles. The van der Waals surface area contributed by atoms with E-state index in [-0.39, 0.29) is 17.7 Å². The van der Waals surface area contributed by atoms with Crippen molar-refractivity contribution in [3.8, 4) is 11.3 Å². The standard InChI is InChI=1S/C39H28N4O8/c44-37(24-10-4-1-5-11-24)48-22-30-33(50-38(45)25-12-6-2-7-13-25)34(51-39(46)26-14-8-3-9-15-26)36(49-30)43-29-20-40-18-16-28(29)31-32(27-17-19-47-21-27)41-23-42-35(31)43/h1-21,23,30,33-34,36H,22H2/t30-,33-,34-,36-/m1/s1. The van der Waals surface area contributed by atoms with E-state index in [1.54, 1.807) is 127 Å². The van der Waals surface area contributed by atoms with Gasteiger partial charge >= 0.3 is 17.9 Å². The minimum Gasteiger partial charge on any atom is -0.472 e. The zero-order valence-corrected chi connectivity index (χ0v) is 26.8. The Morgan fingerprint density at radius 3 is 1.98 bits per heavy atom. The maximum atomic E-state index is 13.8. The molecule has 4 aromatic heterocycles. The summed E-state index contributed by atoms with van der Waals surface area (Å²) in [5.41, 5.74) is 3.21. The maximum Gasteiger partial charge on any atom is 0.338 e. The number of nitrogens with zero attached hydrogens (tertiary/aromatic N) is 4. The molecule has 0 spiro atoms. The number of benzene rings is 3. The van der Waals surface area contributed by atoms with Gasteiger partial charge in [-0.2, -0.15) is 0 Å². The smallest absolute Gasteiger partial charge is 0.338 e. The number of carbonyl (C=O) groups excluding carboxylic acids is 3. The molecule has 8 rings (SSSR count). The van der Waals surface area contributed by atoms with E-state index in [0.29, 0.717) is 27.8 Å². The van der Waals surface area contributed by atoms with Crippen LogP contribution >= 0.6 is 0 Å². The van der Waals surface area contributed by atoms with Gasteiger partial charge in [-0.15, -0.1) is 0 Å². The van der Waals surface area contributed by atoms with Crippen molar-refractivity contribution in [1.82, 2.24) is 19.5 Å². The number of esters is 3. The van der Waals surface area contributed by atoms with Crippen LogP contribution in [0, 0.1) is 0 Å². The van der Waals surface area contributed by atoms with Crippen LogP contribution in [0.4, 0.5) is 0 Å². The summed E-state index contributed by atoms with van der Waals surface area (Å²) in [6.07, 6.45) is 3.14. The number of aromatic nitrogens is 4. The van der Waals surface area contributed by atoms with Crippen LogP contribution in [0.1, 0.15) is 37.3 Å². The Balaban J connectivity index is 1.26. The molecule has 1 aliphatic rings. The van der Waals surface area contributed by atoms with E-state index in [2.05, 4.69) is 15.0 Å². The molecule has 0 amide bonds. The van der Waals surface area contributed by atoms with Gasteiger partial charge in [-0.05, 0) is 48.5 Å². The van der Waals surface area contributed by atoms with Gasteiger partial charge in [0.15, 0.2) is 18.4 Å². The number of rotatable bonds is 9. The molecule has 252 valence electrons. The van der Waals surface area contributed by atoms with E-state index in [1.807, 2.05) is 6.07 Å². The molecule has 12 nitrogen and oxygen atoms in total. The monoisotopic (exact) mass is 680 g/mol. The molecular weight excluding hydrogens is 652 g/mol. The van der Waals surface area contributed by atoms with E-state index in [1.165, 1.54) is 6.33 Å². The van der Waals surface area contributed by atoms with Gasteiger partial charge in [-0.3, -0.25) is 9.55 Å². The first-order valence-electron chi connectivity index (χ1n) is 16.1. The van der Waals surface area contributed by atoms with Crippen molar-refractivity contribution in [3.63, 3.8) is 0 Å². The van der Waals surface area contributed by atoms with Gasteiger partial charge < -0.3 is 23.4 Å². The van der Waals surface area contributed by atoms with Crippen molar-refractivity contribution < 1.29 is 37.7 Å². The predicted octanol–water partition coefficient (Wildman–Crippen LogP) is 6.45. The Labute approximate surface area is 290 Å². The summed E-state index contributed by atoms with van der Waals surface area (Å²) in [5.74, 6) is -1.96. The third kappa shape index (κ3) is 6.08. The lowest BCUT2D eigenvalue weighted by atomic mass is 10.1. The summed E-state index contributed by atoms with van der Waals surface area (Å²) >= 11 is 0. The predicted molar refractivity (Wildman–Crippen MR) is 182 cm³/mol. The van der Waals surface area contributed by atoms with E-state index < -0.39 is 42.4 Å². The second kappa shape index (κ2) is 13.7. The van der Waals surface area contributed by atoms with Gasteiger partial charge in [0.05, 0.1) is 52.0 Å². The first-order chi connectivity index (χ1) is 25.1. The summed E-state index contributed by atoms with van der Waals surface area (Å²) in [5, 5.41) is 1.41. The van der Waals surface area contributed by atoms with Gasteiger partial charge in [0.2, 0.25) is 0 Å². The highest BCUT2D eigenvalue weighted by molar-refractivity contribution is 6.12. The summed E-state index contributed by atoms with van der Waals surface area (Å²) < 4.78 is 31.8. The van der Waals surface area contributed by atoms with Crippen molar-refractivity contribution in [2.75, 3.05) is 6.61 Å². The SMILES string of the molecule is O=C(OC[C@H]1O[C@@H](n2c3cnccc3c3c(-c4ccoc4)ncnc32)[C@H](OC(=O)c2ccccc2)[C@@H]1OC(=O)c1ccccc1)c1ccccc1. The summed E-state index contributed by atoms with van der Waals surface area (Å²) in [6.45, 7) is -0.332. The van der Waals surface area contributed by atoms with E-state index >= 15 is 0 Å². The van der Waals surface area contributed by atoms with Gasteiger partial charge in [-0.1, -0.05) is 54.6 Å². The third-order valence-electron chi connectivity index (χ3n) is 8.61. The third-order valence-corrected chi connectivity index (χ3v) is 8.61. The Morgan fingerprint density at radius 1 is 0.725 bits per heavy atom. The Morgan fingerprint density at radius 2 is 1.35 bits per heavy atom. The van der Waals surface area contributed by atoms with Crippen molar-refractivity contribution in [3.05, 3.63) is 151 Å². The molecule has 1 saturated heterocycles. The molecule has 7 aromatic rings. The molecule has 0 bridgehead atoms. The fourth-order valence-electron chi connectivity index (χ4n) is 6.25. The Bertz CT molecular complexity index is 2330. The second-order valence-corrected chi connectivity index (χ2v) is 11.7. The fourth-order valence-corrected chi connectivity index (χ4v) is 6.25. The lowest BCUT2D eigenvalue weighted by Crippen LogP contribution is -2.41. The number of hydrogen-bond acceptors (Lipinski definition) is 11. The largest absolute Gasteiger partial charge is 0.472 e. The second-order valence-electron chi connectivity index (χ2n) is 11.7. The highest BCUT2D eigenvalue weighted by atomic mass is 16.7. The molecule has 3 aromatic carbocycles. The van der Waals surface area contributed by atoms with Crippen LogP contribution in [0.2, 0.25) is 0 Å². The van der Waals surface area contributed by atoms with Gasteiger partial charge in [0, 0.05) is 17.1 Å². The van der Waals surface area contributed by atoms with E-state index in [0.717, 1.165) is 10.9 Å². The molecule has 4 atom stereocenters. The lowest BCUT2D eigenvalue weighted by molar-refractivity contribution is -0.0588. The van der Waals surface area contributed by atoms with Crippen LogP contribution in [0.25, 0.3) is 33.2 Å². The number of fused-ring (bicyclic) bond motifs is 3. The van der Waals surface area contributed by atoms with Crippen molar-refractivity contribution in [1.29, 1.82) is 0 Å². The quantitative estimate of drug-likeness (QED) is 0.123. The van der Waals surface area contributed by atoms with E-state index in [4.69, 9.17) is 23.4 Å². The van der Waals surface area contributed by atoms with Crippen LogP contribution in [0.15, 0.2) is 139 Å². The van der Waals surface area contributed by atoms with Crippen LogP contribution in [-0.4, -0.2) is 62.3 Å². The minimum absolute atomic E-state index is 0.271. The Kier molecular flexibility index (Phi) is 8.48. The zero-order chi connectivity index (χ0) is 34.7. The van der Waals surface area contributed by atoms with E-state index in [9.17, 15) is 14.4 Å². The highest BCUT2D eigenvalue weighted by Crippen LogP contribution is 2.42. The molecule has 0 N–H and O–H groups in total. The molecular formula is C39H28N4O8. The number of ether oxygens (including phenoxy) is 4. The average Bonchev–Trinajstić information content (AvgIpc) is 3.92. The van der Waals surface area contributed by atoms with Crippen molar-refractivity contribution >= 4 is 39.8 Å². The van der Waals surface area contributed by atoms with Gasteiger partial charge in [0.25, 0.3) is 0 Å². The number of furan rings is 1. The van der Waals surface area contributed by atoms with Crippen molar-refractivity contribution in [2.24, 2.45) is 0 Å².